The minimum atomic E-state index is -0.167. The first kappa shape index (κ1) is 20.7. The molecule has 0 radical (unpaired) electrons. The SMILES string of the molecule is Cc1ccc(N2C(=O)/C(=C\c3ccc4c(c3)OCO4)N=C2SCc2cccc(Cl)c2)cc1. The number of benzene rings is 3. The second-order valence-electron chi connectivity index (χ2n) is 7.43. The number of aryl methyl sites for hydroxylation is 1. The van der Waals surface area contributed by atoms with Crippen molar-refractivity contribution < 1.29 is 14.3 Å². The fourth-order valence-corrected chi connectivity index (χ4v) is 4.62. The van der Waals surface area contributed by atoms with Crippen LogP contribution in [-0.2, 0) is 10.5 Å². The summed E-state index contributed by atoms with van der Waals surface area (Å²) >= 11 is 7.63. The van der Waals surface area contributed by atoms with Crippen LogP contribution in [0.1, 0.15) is 16.7 Å². The number of amidine groups is 1. The van der Waals surface area contributed by atoms with Crippen molar-refractivity contribution in [2.24, 2.45) is 4.99 Å². The smallest absolute Gasteiger partial charge is 0.283 e. The highest BCUT2D eigenvalue weighted by Gasteiger charge is 2.32. The number of rotatable bonds is 4. The molecule has 3 aromatic carbocycles. The number of hydrogen-bond acceptors (Lipinski definition) is 5. The Morgan fingerprint density at radius 2 is 1.88 bits per heavy atom. The molecule has 5 rings (SSSR count). The van der Waals surface area contributed by atoms with Gasteiger partial charge in [0.15, 0.2) is 16.7 Å². The van der Waals surface area contributed by atoms with E-state index in [1.165, 1.54) is 11.8 Å². The number of carbonyl (C=O) groups is 1. The molecule has 0 aromatic heterocycles. The molecule has 0 fully saturated rings. The Balaban J connectivity index is 1.47. The van der Waals surface area contributed by atoms with Gasteiger partial charge in [-0.2, -0.15) is 0 Å². The van der Waals surface area contributed by atoms with Crippen LogP contribution in [0.25, 0.3) is 6.08 Å². The monoisotopic (exact) mass is 462 g/mol. The van der Waals surface area contributed by atoms with E-state index in [2.05, 4.69) is 4.99 Å². The summed E-state index contributed by atoms with van der Waals surface area (Å²) in [5.74, 6) is 1.85. The van der Waals surface area contributed by atoms with E-state index in [0.29, 0.717) is 33.1 Å². The molecule has 5 nitrogen and oxygen atoms in total. The van der Waals surface area contributed by atoms with E-state index in [9.17, 15) is 4.79 Å². The molecule has 3 aromatic rings. The molecular formula is C25H19ClN2O3S. The predicted octanol–water partition coefficient (Wildman–Crippen LogP) is 6.05. The van der Waals surface area contributed by atoms with Gasteiger partial charge in [-0.15, -0.1) is 0 Å². The van der Waals surface area contributed by atoms with Gasteiger partial charge in [0.25, 0.3) is 5.91 Å². The van der Waals surface area contributed by atoms with Crippen LogP contribution >= 0.6 is 23.4 Å². The molecule has 0 unspecified atom stereocenters. The van der Waals surface area contributed by atoms with Gasteiger partial charge in [-0.25, -0.2) is 4.99 Å². The third-order valence-electron chi connectivity index (χ3n) is 5.08. The minimum absolute atomic E-state index is 0.167. The summed E-state index contributed by atoms with van der Waals surface area (Å²) in [7, 11) is 0. The molecule has 2 heterocycles. The molecule has 7 heteroatoms. The number of amides is 1. The van der Waals surface area contributed by atoms with Crippen molar-refractivity contribution in [2.75, 3.05) is 11.7 Å². The molecule has 0 aliphatic carbocycles. The summed E-state index contributed by atoms with van der Waals surface area (Å²) in [6, 6.07) is 21.1. The van der Waals surface area contributed by atoms with Crippen molar-refractivity contribution in [3.8, 4) is 11.5 Å². The molecule has 0 bridgehead atoms. The summed E-state index contributed by atoms with van der Waals surface area (Å²) in [5.41, 5.74) is 4.17. The van der Waals surface area contributed by atoms with E-state index in [1.54, 1.807) is 11.0 Å². The Morgan fingerprint density at radius 1 is 1.06 bits per heavy atom. The maximum atomic E-state index is 13.4. The molecule has 0 atom stereocenters. The van der Waals surface area contributed by atoms with E-state index in [-0.39, 0.29) is 12.7 Å². The van der Waals surface area contributed by atoms with Crippen LogP contribution in [0, 0.1) is 6.92 Å². The summed E-state index contributed by atoms with van der Waals surface area (Å²) in [6.07, 6.45) is 1.78. The highest BCUT2D eigenvalue weighted by molar-refractivity contribution is 8.13. The second-order valence-corrected chi connectivity index (χ2v) is 8.81. The quantitative estimate of drug-likeness (QED) is 0.442. The fourth-order valence-electron chi connectivity index (χ4n) is 3.45. The van der Waals surface area contributed by atoms with E-state index >= 15 is 0 Å². The maximum Gasteiger partial charge on any atom is 0.283 e. The number of carbonyl (C=O) groups excluding carboxylic acids is 1. The zero-order valence-corrected chi connectivity index (χ0v) is 18.8. The standard InChI is InChI=1S/C25H19ClN2O3S/c1-16-5-8-20(9-6-16)28-24(29)21(12-17-7-10-22-23(13-17)31-15-30-22)27-25(28)32-14-18-3-2-4-19(26)11-18/h2-13H,14-15H2,1H3/b21-12+. The van der Waals surface area contributed by atoms with Gasteiger partial charge in [0.05, 0.1) is 5.69 Å². The molecule has 0 saturated carbocycles. The number of halogens is 1. The zero-order chi connectivity index (χ0) is 22.1. The summed E-state index contributed by atoms with van der Waals surface area (Å²) in [5, 5.41) is 1.32. The Morgan fingerprint density at radius 3 is 2.69 bits per heavy atom. The van der Waals surface area contributed by atoms with Crippen LogP contribution in [0.15, 0.2) is 77.4 Å². The van der Waals surface area contributed by atoms with Crippen molar-refractivity contribution in [2.45, 2.75) is 12.7 Å². The lowest BCUT2D eigenvalue weighted by atomic mass is 10.1. The Kier molecular flexibility index (Phi) is 5.64. The van der Waals surface area contributed by atoms with Gasteiger partial charge in [0.1, 0.15) is 5.70 Å². The van der Waals surface area contributed by atoms with E-state index in [1.807, 2.05) is 73.7 Å². The second kappa shape index (κ2) is 8.73. The van der Waals surface area contributed by atoms with E-state index < -0.39 is 0 Å². The Bertz CT molecular complexity index is 1250. The number of ether oxygens (including phenoxy) is 2. The number of hydrogen-bond donors (Lipinski definition) is 0. The summed E-state index contributed by atoms with van der Waals surface area (Å²) in [4.78, 5) is 19.7. The molecule has 160 valence electrons. The lowest BCUT2D eigenvalue weighted by Gasteiger charge is -2.18. The highest BCUT2D eigenvalue weighted by Crippen LogP contribution is 2.35. The van der Waals surface area contributed by atoms with Gasteiger partial charge in [-0.05, 0) is 60.5 Å². The fraction of sp³-hybridized carbons (Fsp3) is 0.120. The van der Waals surface area contributed by atoms with Crippen molar-refractivity contribution >= 4 is 46.2 Å². The van der Waals surface area contributed by atoms with E-state index in [0.717, 1.165) is 22.4 Å². The zero-order valence-electron chi connectivity index (χ0n) is 17.2. The number of thioether (sulfide) groups is 1. The van der Waals surface area contributed by atoms with Gasteiger partial charge in [-0.3, -0.25) is 9.69 Å². The predicted molar refractivity (Wildman–Crippen MR) is 129 cm³/mol. The molecule has 0 spiro atoms. The van der Waals surface area contributed by atoms with Crippen LogP contribution in [0.3, 0.4) is 0 Å². The Labute approximate surface area is 195 Å². The summed E-state index contributed by atoms with van der Waals surface area (Å²) < 4.78 is 10.8. The molecule has 0 saturated heterocycles. The van der Waals surface area contributed by atoms with Gasteiger partial charge in [-0.1, -0.05) is 59.3 Å². The largest absolute Gasteiger partial charge is 0.454 e. The van der Waals surface area contributed by atoms with Gasteiger partial charge < -0.3 is 9.47 Å². The minimum Gasteiger partial charge on any atom is -0.454 e. The van der Waals surface area contributed by atoms with E-state index in [4.69, 9.17) is 21.1 Å². The van der Waals surface area contributed by atoms with Crippen LogP contribution in [0.2, 0.25) is 5.02 Å². The van der Waals surface area contributed by atoms with Crippen molar-refractivity contribution in [3.63, 3.8) is 0 Å². The van der Waals surface area contributed by atoms with Gasteiger partial charge in [0, 0.05) is 10.8 Å². The lowest BCUT2D eigenvalue weighted by Crippen LogP contribution is -2.30. The molecule has 1 amide bonds. The third-order valence-corrected chi connectivity index (χ3v) is 6.32. The van der Waals surface area contributed by atoms with Crippen LogP contribution in [0.5, 0.6) is 11.5 Å². The average Bonchev–Trinajstić information content (AvgIpc) is 3.37. The van der Waals surface area contributed by atoms with Gasteiger partial charge >= 0.3 is 0 Å². The molecule has 32 heavy (non-hydrogen) atoms. The van der Waals surface area contributed by atoms with Crippen LogP contribution in [-0.4, -0.2) is 17.9 Å². The molecular weight excluding hydrogens is 444 g/mol. The average molecular weight is 463 g/mol. The topological polar surface area (TPSA) is 51.1 Å². The van der Waals surface area contributed by atoms with Gasteiger partial charge in [0.2, 0.25) is 6.79 Å². The Hall–Kier alpha value is -3.22. The first-order chi connectivity index (χ1) is 15.6. The first-order valence-electron chi connectivity index (χ1n) is 10.1. The number of fused-ring (bicyclic) bond motifs is 1. The molecule has 0 N–H and O–H groups in total. The molecule has 2 aliphatic rings. The van der Waals surface area contributed by atoms with Crippen molar-refractivity contribution in [3.05, 3.63) is 94.1 Å². The number of aliphatic imine (C=N–C) groups is 1. The lowest BCUT2D eigenvalue weighted by molar-refractivity contribution is -0.113. The van der Waals surface area contributed by atoms with Crippen molar-refractivity contribution in [1.29, 1.82) is 0 Å². The number of nitrogens with zero attached hydrogens (tertiary/aromatic N) is 2. The number of anilines is 1. The maximum absolute atomic E-state index is 13.4. The summed E-state index contributed by atoms with van der Waals surface area (Å²) in [6.45, 7) is 2.22. The van der Waals surface area contributed by atoms with Crippen LogP contribution in [0.4, 0.5) is 5.69 Å². The van der Waals surface area contributed by atoms with Crippen LogP contribution < -0.4 is 14.4 Å². The molecule has 2 aliphatic heterocycles. The normalized spacial score (nSPS) is 16.1. The first-order valence-corrected chi connectivity index (χ1v) is 11.4. The van der Waals surface area contributed by atoms with Crippen molar-refractivity contribution in [1.82, 2.24) is 0 Å². The third kappa shape index (κ3) is 4.24. The highest BCUT2D eigenvalue weighted by atomic mass is 35.5.